The van der Waals surface area contributed by atoms with E-state index in [1.54, 1.807) is 7.11 Å². The molecule has 1 saturated carbocycles. The second-order valence-electron chi connectivity index (χ2n) is 9.65. The highest BCUT2D eigenvalue weighted by atomic mass is 31.1. The molecule has 1 fully saturated rings. The summed E-state index contributed by atoms with van der Waals surface area (Å²) in [5.74, 6) is 2.19. The Morgan fingerprint density at radius 2 is 2.03 bits per heavy atom. The zero-order valence-corrected chi connectivity index (χ0v) is 20.0. The van der Waals surface area contributed by atoms with Crippen molar-refractivity contribution in [3.8, 4) is 5.75 Å². The number of rotatable bonds is 9. The Kier molecular flexibility index (Phi) is 7.73. The molecule has 2 aliphatic carbocycles. The fourth-order valence-corrected chi connectivity index (χ4v) is 5.91. The predicted octanol–water partition coefficient (Wildman–Crippen LogP) is 5.19. The van der Waals surface area contributed by atoms with E-state index in [1.807, 2.05) is 12.1 Å². The summed E-state index contributed by atoms with van der Waals surface area (Å²) in [6, 6.07) is 15.4. The zero-order chi connectivity index (χ0) is 22.6. The van der Waals surface area contributed by atoms with Gasteiger partial charge >= 0.3 is 8.25 Å². The molecule has 4 atom stereocenters. The first kappa shape index (κ1) is 23.5. The van der Waals surface area contributed by atoms with Crippen molar-refractivity contribution in [3.05, 3.63) is 64.7 Å². The van der Waals surface area contributed by atoms with E-state index in [9.17, 15) is 4.57 Å². The van der Waals surface area contributed by atoms with Crippen LogP contribution in [0.25, 0.3) is 0 Å². The maximum absolute atomic E-state index is 10.8. The average Bonchev–Trinajstić information content (AvgIpc) is 3.19. The zero-order valence-electron chi connectivity index (χ0n) is 19.0. The van der Waals surface area contributed by atoms with E-state index in [0.717, 1.165) is 50.2 Å². The molecule has 2 aliphatic rings. The molecule has 0 heterocycles. The molecule has 1 unspecified atom stereocenters. The predicted molar refractivity (Wildman–Crippen MR) is 129 cm³/mol. The number of benzene rings is 2. The molecule has 174 valence electrons. The Hall–Kier alpha value is -1.65. The number of aryl methyl sites for hydroxylation is 2. The Bertz CT molecular complexity index is 949. The van der Waals surface area contributed by atoms with Crippen LogP contribution in [0.15, 0.2) is 42.5 Å². The number of nitrogens with two attached hydrogens (primary N) is 1. The topological polar surface area (TPSA) is 81.8 Å². The van der Waals surface area contributed by atoms with E-state index in [0.29, 0.717) is 12.3 Å². The molecular weight excluding hydrogens is 421 g/mol. The molecule has 2 aromatic carbocycles. The second kappa shape index (κ2) is 10.5. The van der Waals surface area contributed by atoms with Gasteiger partial charge in [-0.25, -0.2) is 0 Å². The van der Waals surface area contributed by atoms with Gasteiger partial charge in [-0.05, 0) is 97.9 Å². The Morgan fingerprint density at radius 1 is 1.19 bits per heavy atom. The monoisotopic (exact) mass is 457 g/mol. The summed E-state index contributed by atoms with van der Waals surface area (Å²) in [6.45, 7) is 0.262. The highest BCUT2D eigenvalue weighted by molar-refractivity contribution is 7.32. The molecule has 4 rings (SSSR count). The minimum Gasteiger partial charge on any atom is -0.496 e. The van der Waals surface area contributed by atoms with E-state index in [2.05, 4.69) is 30.3 Å². The summed E-state index contributed by atoms with van der Waals surface area (Å²) < 4.78 is 21.2. The van der Waals surface area contributed by atoms with Gasteiger partial charge in [0.2, 0.25) is 0 Å². The first-order valence-electron chi connectivity index (χ1n) is 11.8. The molecule has 2 aromatic rings. The van der Waals surface area contributed by atoms with Crippen LogP contribution < -0.4 is 10.5 Å². The minimum absolute atomic E-state index is 0.262. The van der Waals surface area contributed by atoms with Crippen LogP contribution >= 0.6 is 8.25 Å². The van der Waals surface area contributed by atoms with E-state index in [-0.39, 0.29) is 12.1 Å². The van der Waals surface area contributed by atoms with Gasteiger partial charge in [0.1, 0.15) is 5.75 Å². The van der Waals surface area contributed by atoms with Crippen LogP contribution in [0.4, 0.5) is 0 Å². The van der Waals surface area contributed by atoms with Crippen LogP contribution in [-0.2, 0) is 28.4 Å². The first-order chi connectivity index (χ1) is 15.5. The van der Waals surface area contributed by atoms with Crippen molar-refractivity contribution in [1.29, 1.82) is 0 Å². The van der Waals surface area contributed by atoms with Crippen molar-refractivity contribution >= 4 is 8.25 Å². The van der Waals surface area contributed by atoms with Gasteiger partial charge in [-0.1, -0.05) is 36.4 Å². The quantitative estimate of drug-likeness (QED) is 0.507. The Labute approximate surface area is 192 Å². The molecule has 0 bridgehead atoms. The highest BCUT2D eigenvalue weighted by Gasteiger charge is 2.36. The fourth-order valence-electron chi connectivity index (χ4n) is 5.63. The van der Waals surface area contributed by atoms with Gasteiger partial charge in [-0.3, -0.25) is 4.57 Å². The van der Waals surface area contributed by atoms with Gasteiger partial charge in [0.05, 0.1) is 13.7 Å². The van der Waals surface area contributed by atoms with Crippen LogP contribution in [-0.4, -0.2) is 24.1 Å². The van der Waals surface area contributed by atoms with Crippen LogP contribution in [0.3, 0.4) is 0 Å². The summed E-state index contributed by atoms with van der Waals surface area (Å²) in [4.78, 5) is 8.86. The van der Waals surface area contributed by atoms with Crippen LogP contribution in [0, 0.1) is 5.92 Å². The summed E-state index contributed by atoms with van der Waals surface area (Å²) in [7, 11) is -1.12. The normalized spacial score (nSPS) is 26.0. The molecule has 5 nitrogen and oxygen atoms in total. The molecular formula is C26H36NO4P. The van der Waals surface area contributed by atoms with Crippen LogP contribution in [0.1, 0.15) is 66.7 Å². The number of fused-ring (bicyclic) bond motifs is 1. The lowest BCUT2D eigenvalue weighted by Crippen LogP contribution is -2.37. The molecule has 0 aliphatic heterocycles. The average molecular weight is 458 g/mol. The molecule has 0 spiro atoms. The lowest BCUT2D eigenvalue weighted by atomic mass is 9.79. The van der Waals surface area contributed by atoms with Gasteiger partial charge < -0.3 is 19.9 Å². The van der Waals surface area contributed by atoms with Gasteiger partial charge in [0, 0.05) is 5.54 Å². The van der Waals surface area contributed by atoms with E-state index in [4.69, 9.17) is 19.9 Å². The van der Waals surface area contributed by atoms with E-state index < -0.39 is 8.25 Å². The minimum atomic E-state index is -2.87. The number of ether oxygens (including phenoxy) is 1. The van der Waals surface area contributed by atoms with Crippen molar-refractivity contribution < 1.29 is 18.7 Å². The molecule has 6 heteroatoms. The van der Waals surface area contributed by atoms with Crippen molar-refractivity contribution in [2.24, 2.45) is 11.7 Å². The molecule has 3 N–H and O–H groups in total. The maximum Gasteiger partial charge on any atom is 0.316 e. The van der Waals surface area contributed by atoms with Crippen molar-refractivity contribution in [2.75, 3.05) is 13.7 Å². The van der Waals surface area contributed by atoms with Gasteiger partial charge in [0.15, 0.2) is 0 Å². The molecule has 0 radical (unpaired) electrons. The Morgan fingerprint density at radius 3 is 2.84 bits per heavy atom. The third kappa shape index (κ3) is 5.82. The SMILES string of the molecule is COc1ccccc1CC[C@@H]1CCc2cc([C@@H]3CC[C@](N)(CCO[PH](=O)O)C3)ccc2C1. The van der Waals surface area contributed by atoms with Crippen molar-refractivity contribution in [2.45, 2.75) is 69.2 Å². The van der Waals surface area contributed by atoms with Gasteiger partial charge in [-0.2, -0.15) is 0 Å². The number of para-hydroxylation sites is 1. The fraction of sp³-hybridized carbons (Fsp3) is 0.538. The second-order valence-corrected chi connectivity index (χ2v) is 10.5. The van der Waals surface area contributed by atoms with Gasteiger partial charge in [0.25, 0.3) is 0 Å². The van der Waals surface area contributed by atoms with Crippen LogP contribution in [0.2, 0.25) is 0 Å². The molecule has 32 heavy (non-hydrogen) atoms. The summed E-state index contributed by atoms with van der Waals surface area (Å²) in [6.07, 6.45) is 9.39. The number of methoxy groups -OCH3 is 1. The Balaban J connectivity index is 1.33. The lowest BCUT2D eigenvalue weighted by molar-refractivity contribution is 0.240. The number of hydrogen-bond donors (Lipinski definition) is 2. The number of hydrogen-bond acceptors (Lipinski definition) is 4. The van der Waals surface area contributed by atoms with Crippen molar-refractivity contribution in [1.82, 2.24) is 0 Å². The third-order valence-corrected chi connectivity index (χ3v) is 7.97. The maximum atomic E-state index is 10.8. The largest absolute Gasteiger partial charge is 0.496 e. The smallest absolute Gasteiger partial charge is 0.316 e. The van der Waals surface area contributed by atoms with Gasteiger partial charge in [-0.15, -0.1) is 0 Å². The highest BCUT2D eigenvalue weighted by Crippen LogP contribution is 2.42. The van der Waals surface area contributed by atoms with Crippen molar-refractivity contribution in [3.63, 3.8) is 0 Å². The lowest BCUT2D eigenvalue weighted by Gasteiger charge is -2.27. The van der Waals surface area contributed by atoms with Crippen LogP contribution in [0.5, 0.6) is 5.75 Å². The van der Waals surface area contributed by atoms with E-state index in [1.165, 1.54) is 35.1 Å². The first-order valence-corrected chi connectivity index (χ1v) is 13.1. The standard InChI is InChI=1S/C26H36NO4P/c1-30-25-5-3-2-4-20(25)8-6-19-7-9-22-17-23(11-10-21(22)16-19)24-12-13-26(27,18-24)14-15-31-32(28)29/h2-5,10-11,17,19,24,32H,6-9,12-16,18,27H2,1H3,(H,28,29)/t19-,24-,26+/m1/s1. The third-order valence-electron chi connectivity index (χ3n) is 7.52. The molecule has 0 amide bonds. The molecule has 0 aromatic heterocycles. The summed E-state index contributed by atoms with van der Waals surface area (Å²) >= 11 is 0. The summed E-state index contributed by atoms with van der Waals surface area (Å²) in [5, 5.41) is 0. The molecule has 0 saturated heterocycles. The summed E-state index contributed by atoms with van der Waals surface area (Å²) in [5.41, 5.74) is 12.0. The van der Waals surface area contributed by atoms with E-state index >= 15 is 0 Å².